The first-order valence-electron chi connectivity index (χ1n) is 9.55. The van der Waals surface area contributed by atoms with Crippen molar-refractivity contribution in [1.82, 2.24) is 4.98 Å². The van der Waals surface area contributed by atoms with E-state index in [9.17, 15) is 9.59 Å². The molecule has 29 heavy (non-hydrogen) atoms. The van der Waals surface area contributed by atoms with Crippen molar-refractivity contribution in [3.05, 3.63) is 65.4 Å². The maximum atomic E-state index is 12.8. The van der Waals surface area contributed by atoms with E-state index in [1.54, 1.807) is 44.4 Å². The van der Waals surface area contributed by atoms with E-state index in [-0.39, 0.29) is 11.9 Å². The van der Waals surface area contributed by atoms with E-state index in [4.69, 9.17) is 9.47 Å². The molecule has 0 aliphatic carbocycles. The fourth-order valence-electron chi connectivity index (χ4n) is 2.89. The Morgan fingerprint density at radius 2 is 1.83 bits per heavy atom. The summed E-state index contributed by atoms with van der Waals surface area (Å²) in [5.74, 6) is 0.0776. The number of hydrogen-bond acceptors (Lipinski definition) is 5. The summed E-state index contributed by atoms with van der Waals surface area (Å²) in [5, 5.41) is 3.67. The second kappa shape index (κ2) is 9.19. The summed E-state index contributed by atoms with van der Waals surface area (Å²) in [6.45, 7) is 4.25. The van der Waals surface area contributed by atoms with Crippen molar-refractivity contribution in [3.63, 3.8) is 0 Å². The Bertz CT molecular complexity index is 1030. The molecule has 0 aliphatic heterocycles. The van der Waals surface area contributed by atoms with E-state index in [2.05, 4.69) is 10.3 Å². The van der Waals surface area contributed by atoms with Crippen molar-refractivity contribution < 1.29 is 19.1 Å². The monoisotopic (exact) mass is 392 g/mol. The number of aromatic nitrogens is 1. The molecule has 1 N–H and O–H groups in total. The number of nitrogens with zero attached hydrogens (tertiary/aromatic N) is 1. The number of methoxy groups -OCH3 is 1. The van der Waals surface area contributed by atoms with Gasteiger partial charge in [-0.2, -0.15) is 0 Å². The molecule has 1 amide bonds. The minimum atomic E-state index is -0.361. The number of hydrogen-bond donors (Lipinski definition) is 1. The zero-order valence-corrected chi connectivity index (χ0v) is 16.8. The Kier molecular flexibility index (Phi) is 6.44. The molecule has 0 atom stereocenters. The quantitative estimate of drug-likeness (QED) is 0.463. The van der Waals surface area contributed by atoms with Crippen LogP contribution in [0.2, 0.25) is 0 Å². The third-order valence-electron chi connectivity index (χ3n) is 4.57. The van der Waals surface area contributed by atoms with Crippen LogP contribution in [0, 0.1) is 6.92 Å². The average Bonchev–Trinajstić information content (AvgIpc) is 2.73. The Hall–Kier alpha value is -3.41. The highest BCUT2D eigenvalue weighted by atomic mass is 16.5. The lowest BCUT2D eigenvalue weighted by Crippen LogP contribution is -2.14. The van der Waals surface area contributed by atoms with Crippen LogP contribution in [0.5, 0.6) is 5.75 Å². The summed E-state index contributed by atoms with van der Waals surface area (Å²) in [6, 6.07) is 14.0. The van der Waals surface area contributed by atoms with Crippen molar-refractivity contribution in [2.45, 2.75) is 26.7 Å². The third kappa shape index (κ3) is 4.90. The predicted octanol–water partition coefficient (Wildman–Crippen LogP) is 4.76. The van der Waals surface area contributed by atoms with Crippen molar-refractivity contribution in [2.24, 2.45) is 0 Å². The van der Waals surface area contributed by atoms with E-state index in [0.29, 0.717) is 34.9 Å². The summed E-state index contributed by atoms with van der Waals surface area (Å²) in [7, 11) is 1.60. The maximum Gasteiger partial charge on any atom is 0.338 e. The molecule has 0 radical (unpaired) electrons. The molecule has 0 saturated heterocycles. The molecule has 3 rings (SSSR count). The number of esters is 1. The first kappa shape index (κ1) is 20.3. The van der Waals surface area contributed by atoms with Crippen molar-refractivity contribution in [2.75, 3.05) is 19.0 Å². The minimum Gasteiger partial charge on any atom is -0.497 e. The fourth-order valence-corrected chi connectivity index (χ4v) is 2.89. The summed E-state index contributed by atoms with van der Waals surface area (Å²) in [5.41, 5.74) is 2.95. The lowest BCUT2D eigenvalue weighted by atomic mass is 10.1. The first-order chi connectivity index (χ1) is 14.0. The van der Waals surface area contributed by atoms with Gasteiger partial charge in [0.25, 0.3) is 5.91 Å². The van der Waals surface area contributed by atoms with E-state index in [1.807, 2.05) is 25.1 Å². The highest BCUT2D eigenvalue weighted by Gasteiger charge is 2.13. The molecular weight excluding hydrogens is 368 g/mol. The number of rotatable bonds is 7. The number of nitrogens with one attached hydrogen (secondary N) is 1. The average molecular weight is 392 g/mol. The molecule has 3 aromatic rings. The number of benzene rings is 2. The number of unbranched alkanes of at least 4 members (excludes halogenated alkanes) is 1. The molecular formula is C23H24N2O4. The molecule has 1 aromatic heterocycles. The van der Waals surface area contributed by atoms with Gasteiger partial charge >= 0.3 is 5.97 Å². The largest absolute Gasteiger partial charge is 0.497 e. The molecule has 6 heteroatoms. The summed E-state index contributed by atoms with van der Waals surface area (Å²) in [4.78, 5) is 29.2. The van der Waals surface area contributed by atoms with Crippen LogP contribution in [0.15, 0.2) is 48.5 Å². The van der Waals surface area contributed by atoms with Crippen LogP contribution < -0.4 is 10.1 Å². The number of ether oxygens (including phenoxy) is 2. The molecule has 2 aromatic carbocycles. The highest BCUT2D eigenvalue weighted by molar-refractivity contribution is 6.07. The maximum absolute atomic E-state index is 12.8. The molecule has 0 aliphatic rings. The van der Waals surface area contributed by atoms with Crippen LogP contribution >= 0.6 is 0 Å². The van der Waals surface area contributed by atoms with E-state index >= 15 is 0 Å². The van der Waals surface area contributed by atoms with Crippen LogP contribution in [0.4, 0.5) is 5.69 Å². The number of anilines is 1. The van der Waals surface area contributed by atoms with Gasteiger partial charge in [0, 0.05) is 11.1 Å². The molecule has 150 valence electrons. The SMILES string of the molecule is CCCCOC(=O)c1ccc(NC(=O)c2cc3cc(OC)ccc3nc2C)cc1. The number of carbonyl (C=O) groups excluding carboxylic acids is 2. The van der Waals surface area contributed by atoms with Gasteiger partial charge in [-0.1, -0.05) is 13.3 Å². The molecule has 1 heterocycles. The zero-order valence-electron chi connectivity index (χ0n) is 16.8. The summed E-state index contributed by atoms with van der Waals surface area (Å²) < 4.78 is 10.4. The number of aryl methyl sites for hydroxylation is 1. The summed E-state index contributed by atoms with van der Waals surface area (Å²) >= 11 is 0. The molecule has 0 bridgehead atoms. The Balaban J connectivity index is 1.74. The van der Waals surface area contributed by atoms with Gasteiger partial charge in [-0.3, -0.25) is 9.78 Å². The second-order valence-electron chi connectivity index (χ2n) is 6.70. The van der Waals surface area contributed by atoms with Gasteiger partial charge < -0.3 is 14.8 Å². The lowest BCUT2D eigenvalue weighted by Gasteiger charge is -2.10. The van der Waals surface area contributed by atoms with Gasteiger partial charge in [0.2, 0.25) is 0 Å². The van der Waals surface area contributed by atoms with Gasteiger partial charge in [0.15, 0.2) is 0 Å². The Morgan fingerprint density at radius 1 is 1.07 bits per heavy atom. The lowest BCUT2D eigenvalue weighted by molar-refractivity contribution is 0.0499. The van der Waals surface area contributed by atoms with Crippen molar-refractivity contribution in [1.29, 1.82) is 0 Å². The summed E-state index contributed by atoms with van der Waals surface area (Å²) in [6.07, 6.45) is 1.80. The van der Waals surface area contributed by atoms with Crippen LogP contribution in [-0.2, 0) is 4.74 Å². The normalized spacial score (nSPS) is 10.6. The van der Waals surface area contributed by atoms with Crippen LogP contribution in [0.25, 0.3) is 10.9 Å². The van der Waals surface area contributed by atoms with Gasteiger partial charge in [-0.05, 0) is 61.9 Å². The van der Waals surface area contributed by atoms with Crippen molar-refractivity contribution >= 4 is 28.5 Å². The number of carbonyl (C=O) groups is 2. The molecule has 0 spiro atoms. The molecule has 0 fully saturated rings. The van der Waals surface area contributed by atoms with Crippen LogP contribution in [0.1, 0.15) is 46.2 Å². The first-order valence-corrected chi connectivity index (χ1v) is 9.55. The Labute approximate surface area is 169 Å². The zero-order chi connectivity index (χ0) is 20.8. The predicted molar refractivity (Wildman–Crippen MR) is 113 cm³/mol. The smallest absolute Gasteiger partial charge is 0.338 e. The van der Waals surface area contributed by atoms with Gasteiger partial charge in [0.1, 0.15) is 5.75 Å². The topological polar surface area (TPSA) is 77.5 Å². The second-order valence-corrected chi connectivity index (χ2v) is 6.70. The van der Waals surface area contributed by atoms with Crippen LogP contribution in [0.3, 0.4) is 0 Å². The van der Waals surface area contributed by atoms with Crippen molar-refractivity contribution in [3.8, 4) is 5.75 Å². The van der Waals surface area contributed by atoms with E-state index in [1.165, 1.54) is 0 Å². The number of fused-ring (bicyclic) bond motifs is 1. The highest BCUT2D eigenvalue weighted by Crippen LogP contribution is 2.22. The fraction of sp³-hybridized carbons (Fsp3) is 0.261. The molecule has 0 saturated carbocycles. The van der Waals surface area contributed by atoms with E-state index < -0.39 is 0 Å². The standard InChI is InChI=1S/C23H24N2O4/c1-4-5-12-29-23(27)16-6-8-18(9-7-16)25-22(26)20-14-17-13-19(28-3)10-11-21(17)24-15(20)2/h6-11,13-14H,4-5,12H2,1-3H3,(H,25,26). The van der Waals surface area contributed by atoms with Crippen LogP contribution in [-0.4, -0.2) is 30.6 Å². The molecule has 6 nitrogen and oxygen atoms in total. The third-order valence-corrected chi connectivity index (χ3v) is 4.57. The van der Waals surface area contributed by atoms with E-state index in [0.717, 1.165) is 23.7 Å². The number of amides is 1. The van der Waals surface area contributed by atoms with Gasteiger partial charge in [-0.15, -0.1) is 0 Å². The van der Waals surface area contributed by atoms with Gasteiger partial charge in [0.05, 0.1) is 36.1 Å². The number of pyridine rings is 1. The molecule has 0 unspecified atom stereocenters. The van der Waals surface area contributed by atoms with Gasteiger partial charge in [-0.25, -0.2) is 4.79 Å². The minimum absolute atomic E-state index is 0.266. The Morgan fingerprint density at radius 3 is 2.52 bits per heavy atom.